The number of hydrogen-bond acceptors (Lipinski definition) is 1. The summed E-state index contributed by atoms with van der Waals surface area (Å²) >= 11 is 0. The number of rotatable bonds is 7. The van der Waals surface area contributed by atoms with Crippen LogP contribution in [0.15, 0.2) is 297 Å². The van der Waals surface area contributed by atoms with Crippen LogP contribution in [0.3, 0.4) is 0 Å². The molecule has 4 aliphatic rings. The topological polar surface area (TPSA) is 19.1 Å². The molecular formula is C115H103BN2O. The van der Waals surface area contributed by atoms with Crippen molar-refractivity contribution in [1.82, 2.24) is 9.13 Å². The van der Waals surface area contributed by atoms with Gasteiger partial charge in [-0.3, -0.25) is 0 Å². The fourth-order valence-electron chi connectivity index (χ4n) is 20.5. The molecule has 2 aliphatic carbocycles. The van der Waals surface area contributed by atoms with Crippen molar-refractivity contribution < 1.29 is 4.74 Å². The standard InChI is InChI=1S/C115H103BN2O/c1-109(2,3)78-52-74(53-79(62-78)110(4,5)6)69-46-44-68(45-47-69)72-48-50-87-88-51-49-73(75-54-80(111(7,8)9)63-81(55-75)112(10,11)12)59-95(88)115(94(87)58-72)93-41-28-25-36-86(93)91-65-97-102(67-96(91)115)119-103-61-77(76-56-82(113(13,14)15)64-83(57-76)114(16,17)18)60-101-105(103)116(97)98-66-92-89-37-26-29-42-99(89)118(107(92)104-90-38-27-30-43-100(90)117(101)108(98)104)106-84(70-32-21-19-22-33-70)39-31-40-85(106)71-34-23-20-24-35-71/h19-67H,1-18H3. The average molecular weight is 1540 g/mol. The quantitative estimate of drug-likeness (QED) is 0.146. The van der Waals surface area contributed by atoms with E-state index < -0.39 is 5.41 Å². The Morgan fingerprint density at radius 1 is 0.252 bits per heavy atom. The molecule has 2 aromatic heterocycles. The van der Waals surface area contributed by atoms with Gasteiger partial charge in [0.1, 0.15) is 11.5 Å². The van der Waals surface area contributed by atoms with E-state index in [4.69, 9.17) is 4.74 Å². The average Bonchev–Trinajstić information content (AvgIpc) is 1.51. The fraction of sp³-hybridized carbons (Fsp3) is 0.217. The summed E-state index contributed by atoms with van der Waals surface area (Å²) < 4.78 is 13.5. The normalized spacial score (nSPS) is 14.7. The first-order valence-corrected chi connectivity index (χ1v) is 43.0. The molecule has 4 heterocycles. The molecule has 1 atom stereocenters. The fourth-order valence-corrected chi connectivity index (χ4v) is 20.5. The van der Waals surface area contributed by atoms with Crippen molar-refractivity contribution in [2.24, 2.45) is 0 Å². The van der Waals surface area contributed by atoms with Crippen LogP contribution in [0.1, 0.15) is 180 Å². The molecule has 2 aliphatic heterocycles. The Bertz CT molecular complexity index is 7000. The lowest BCUT2D eigenvalue weighted by Gasteiger charge is -2.36. The van der Waals surface area contributed by atoms with Crippen molar-refractivity contribution in [3.05, 3.63) is 353 Å². The summed E-state index contributed by atoms with van der Waals surface area (Å²) in [5.74, 6) is 1.77. The van der Waals surface area contributed by atoms with E-state index in [9.17, 15) is 0 Å². The minimum Gasteiger partial charge on any atom is -0.458 e. The van der Waals surface area contributed by atoms with Crippen molar-refractivity contribution in [1.29, 1.82) is 0 Å². The van der Waals surface area contributed by atoms with E-state index >= 15 is 0 Å². The van der Waals surface area contributed by atoms with Gasteiger partial charge in [-0.05, 0) is 225 Å². The second-order valence-corrected chi connectivity index (χ2v) is 40.9. The molecule has 0 fully saturated rings. The third-order valence-electron chi connectivity index (χ3n) is 27.0. The Kier molecular flexibility index (Phi) is 16.2. The number of fused-ring (bicyclic) bond motifs is 21. The van der Waals surface area contributed by atoms with Gasteiger partial charge in [-0.1, -0.05) is 379 Å². The number of benzene rings is 15. The van der Waals surface area contributed by atoms with Crippen LogP contribution < -0.4 is 21.1 Å². The molecule has 0 saturated heterocycles. The predicted molar refractivity (Wildman–Crippen MR) is 507 cm³/mol. The SMILES string of the molecule is CC(C)(C)c1cc(-c2ccc(-c3ccc4c(c3)C3(c5ccccc5-c5cc6c(cc53)Oc3cc(-c5cc(C(C)(C)C)cc(C(C)(C)C)c5)cc5c3B6c3cc6c7ccccc7n(-c7c(-c8ccccc8)cccc7-c7ccccc7)c6c6c7ccccc7n-5c36)c3cc(-c5cc(C(C)(C)C)cc(C(C)(C)C)c5)ccc3-4)cc2)cc(C(C)(C)C)c1. The summed E-state index contributed by atoms with van der Waals surface area (Å²) in [4.78, 5) is 0. The lowest BCUT2D eigenvalue weighted by Crippen LogP contribution is -2.58. The Balaban J connectivity index is 0.854. The van der Waals surface area contributed by atoms with Crippen LogP contribution in [0.5, 0.6) is 11.5 Å². The van der Waals surface area contributed by atoms with Gasteiger partial charge in [-0.25, -0.2) is 0 Å². The predicted octanol–water partition coefficient (Wildman–Crippen LogP) is 28.9. The van der Waals surface area contributed by atoms with Gasteiger partial charge in [0.2, 0.25) is 0 Å². The van der Waals surface area contributed by atoms with Crippen LogP contribution in [0.2, 0.25) is 0 Å². The molecule has 0 saturated carbocycles. The lowest BCUT2D eigenvalue weighted by atomic mass is 9.34. The summed E-state index contributed by atoms with van der Waals surface area (Å²) in [6.45, 7) is 42.0. The molecule has 4 heteroatoms. The molecule has 0 N–H and O–H groups in total. The first-order valence-electron chi connectivity index (χ1n) is 43.0. The molecule has 582 valence electrons. The van der Waals surface area contributed by atoms with E-state index in [1.54, 1.807) is 0 Å². The van der Waals surface area contributed by atoms with E-state index in [-0.39, 0.29) is 39.2 Å². The highest BCUT2D eigenvalue weighted by Crippen LogP contribution is 2.65. The van der Waals surface area contributed by atoms with Gasteiger partial charge in [-0.2, -0.15) is 0 Å². The minimum absolute atomic E-state index is 0.00731. The van der Waals surface area contributed by atoms with Crippen LogP contribution in [-0.4, -0.2) is 15.8 Å². The van der Waals surface area contributed by atoms with Crippen LogP contribution in [0.4, 0.5) is 0 Å². The molecule has 21 rings (SSSR count). The molecule has 1 unspecified atom stereocenters. The first kappa shape index (κ1) is 74.3. The van der Waals surface area contributed by atoms with E-state index in [0.717, 1.165) is 39.5 Å². The zero-order valence-corrected chi connectivity index (χ0v) is 72.2. The molecule has 3 nitrogen and oxygen atoms in total. The van der Waals surface area contributed by atoms with Gasteiger partial charge in [-0.15, -0.1) is 0 Å². The summed E-state index contributed by atoms with van der Waals surface area (Å²) in [5, 5.41) is 4.87. The Morgan fingerprint density at radius 3 is 1.18 bits per heavy atom. The summed E-state index contributed by atoms with van der Waals surface area (Å²) in [6, 6.07) is 116. The van der Waals surface area contributed by atoms with Crippen molar-refractivity contribution in [2.75, 3.05) is 0 Å². The van der Waals surface area contributed by atoms with Crippen LogP contribution in [0.25, 0.3) is 144 Å². The van der Waals surface area contributed by atoms with Gasteiger partial charge in [0.05, 0.1) is 33.2 Å². The number of ether oxygens (including phenoxy) is 1. The molecule has 1 spiro atoms. The van der Waals surface area contributed by atoms with Gasteiger partial charge < -0.3 is 13.9 Å². The number of nitrogens with zero attached hydrogens (tertiary/aromatic N) is 2. The third kappa shape index (κ3) is 11.5. The van der Waals surface area contributed by atoms with Gasteiger partial charge >= 0.3 is 0 Å². The summed E-state index contributed by atoms with van der Waals surface area (Å²) in [7, 11) is 0. The first-order chi connectivity index (χ1) is 56.8. The van der Waals surface area contributed by atoms with E-state index in [1.807, 2.05) is 0 Å². The van der Waals surface area contributed by atoms with E-state index in [1.165, 1.54) is 188 Å². The molecule has 0 amide bonds. The van der Waals surface area contributed by atoms with E-state index in [2.05, 4.69) is 431 Å². The van der Waals surface area contributed by atoms with Crippen molar-refractivity contribution in [3.63, 3.8) is 0 Å². The Labute approximate surface area is 703 Å². The van der Waals surface area contributed by atoms with Gasteiger partial charge in [0.25, 0.3) is 6.71 Å². The number of para-hydroxylation sites is 3. The number of hydrogen-bond donors (Lipinski definition) is 0. The van der Waals surface area contributed by atoms with E-state index in [0.29, 0.717) is 0 Å². The molecule has 17 aromatic rings. The van der Waals surface area contributed by atoms with Crippen molar-refractivity contribution >= 4 is 66.7 Å². The van der Waals surface area contributed by atoms with Gasteiger partial charge in [0, 0.05) is 38.4 Å². The monoisotopic (exact) mass is 1540 g/mol. The highest BCUT2D eigenvalue weighted by Gasteiger charge is 2.54. The Morgan fingerprint density at radius 2 is 0.655 bits per heavy atom. The maximum atomic E-state index is 8.17. The van der Waals surface area contributed by atoms with Crippen LogP contribution >= 0.6 is 0 Å². The second kappa shape index (κ2) is 25.9. The molecular weight excluding hydrogens is 1440 g/mol. The number of aromatic nitrogens is 2. The zero-order chi connectivity index (χ0) is 82.3. The highest BCUT2D eigenvalue weighted by atomic mass is 16.5. The van der Waals surface area contributed by atoms with Crippen LogP contribution in [0, 0.1) is 0 Å². The van der Waals surface area contributed by atoms with Crippen molar-refractivity contribution in [2.45, 2.75) is 163 Å². The smallest absolute Gasteiger partial charge is 0.256 e. The molecule has 0 radical (unpaired) electrons. The zero-order valence-electron chi connectivity index (χ0n) is 72.2. The summed E-state index contributed by atoms with van der Waals surface area (Å²) in [5.41, 5.74) is 41.8. The van der Waals surface area contributed by atoms with Gasteiger partial charge in [0.15, 0.2) is 0 Å². The molecule has 15 aromatic carbocycles. The third-order valence-corrected chi connectivity index (χ3v) is 27.0. The molecule has 119 heavy (non-hydrogen) atoms. The lowest BCUT2D eigenvalue weighted by molar-refractivity contribution is 0.486. The maximum Gasteiger partial charge on any atom is 0.256 e. The second-order valence-electron chi connectivity index (χ2n) is 40.9. The maximum absolute atomic E-state index is 8.17. The molecule has 0 bridgehead atoms. The minimum atomic E-state index is -0.780. The highest BCUT2D eigenvalue weighted by molar-refractivity contribution is 6.99. The largest absolute Gasteiger partial charge is 0.458 e. The van der Waals surface area contributed by atoms with Crippen LogP contribution in [-0.2, 0) is 37.9 Å². The van der Waals surface area contributed by atoms with Crippen molar-refractivity contribution in [3.8, 4) is 112 Å². The summed E-state index contributed by atoms with van der Waals surface area (Å²) in [6.07, 6.45) is 0. The Hall–Kier alpha value is -12.2.